The van der Waals surface area contributed by atoms with E-state index in [9.17, 15) is 24.3 Å². The first kappa shape index (κ1) is 22.1. The Morgan fingerprint density at radius 2 is 1.71 bits per heavy atom. The lowest BCUT2D eigenvalue weighted by atomic mass is 10.1. The fraction of sp³-hybridized carbons (Fsp3) is 0.692. The van der Waals surface area contributed by atoms with Crippen LogP contribution < -0.4 is 16.4 Å². The van der Waals surface area contributed by atoms with E-state index in [4.69, 9.17) is 15.9 Å². The molecule has 0 saturated heterocycles. The molecule has 7 N–H and O–H groups in total. The van der Waals surface area contributed by atoms with E-state index < -0.39 is 54.4 Å². The molecule has 10 nitrogen and oxygen atoms in total. The number of thioether (sulfide) groups is 1. The quantitative estimate of drug-likeness (QED) is 0.241. The number of aliphatic hydroxyl groups excluding tert-OH is 1. The third kappa shape index (κ3) is 8.13. The number of hydrogen-bond acceptors (Lipinski definition) is 7. The Morgan fingerprint density at radius 3 is 2.12 bits per heavy atom. The molecule has 0 bridgehead atoms. The van der Waals surface area contributed by atoms with Gasteiger partial charge < -0.3 is 31.7 Å². The summed E-state index contributed by atoms with van der Waals surface area (Å²) < 4.78 is 0. The zero-order valence-electron chi connectivity index (χ0n) is 13.4. The Labute approximate surface area is 143 Å². The van der Waals surface area contributed by atoms with Gasteiger partial charge in [-0.15, -0.1) is 0 Å². The first-order valence-corrected chi connectivity index (χ1v) is 8.47. The molecule has 0 aliphatic rings. The molecule has 0 spiro atoms. The maximum atomic E-state index is 12.2. The third-order valence-corrected chi connectivity index (χ3v) is 3.67. The summed E-state index contributed by atoms with van der Waals surface area (Å²) in [5.74, 6) is -3.83. The van der Waals surface area contributed by atoms with Crippen molar-refractivity contribution < 1.29 is 34.5 Å². The van der Waals surface area contributed by atoms with Crippen molar-refractivity contribution in [3.8, 4) is 0 Å². The highest BCUT2D eigenvalue weighted by Gasteiger charge is 2.30. The Kier molecular flexibility index (Phi) is 10.0. The van der Waals surface area contributed by atoms with Crippen LogP contribution in [0.5, 0.6) is 0 Å². The van der Waals surface area contributed by atoms with Crippen molar-refractivity contribution >= 4 is 35.5 Å². The van der Waals surface area contributed by atoms with E-state index in [1.54, 1.807) is 6.26 Å². The number of carbonyl (C=O) groups is 4. The average Bonchev–Trinajstić information content (AvgIpc) is 2.46. The van der Waals surface area contributed by atoms with Crippen LogP contribution >= 0.6 is 11.8 Å². The average molecular weight is 365 g/mol. The molecule has 0 aliphatic heterocycles. The Hall–Kier alpha value is -1.85. The summed E-state index contributed by atoms with van der Waals surface area (Å²) >= 11 is 1.40. The molecule has 0 heterocycles. The van der Waals surface area contributed by atoms with Gasteiger partial charge >= 0.3 is 11.9 Å². The molecule has 0 aliphatic carbocycles. The molecule has 0 radical (unpaired) electrons. The van der Waals surface area contributed by atoms with Crippen molar-refractivity contribution in [1.29, 1.82) is 0 Å². The van der Waals surface area contributed by atoms with Gasteiger partial charge in [-0.2, -0.15) is 11.8 Å². The van der Waals surface area contributed by atoms with Crippen LogP contribution in [0.4, 0.5) is 0 Å². The maximum Gasteiger partial charge on any atom is 0.328 e. The van der Waals surface area contributed by atoms with Gasteiger partial charge in [0.25, 0.3) is 0 Å². The van der Waals surface area contributed by atoms with E-state index in [-0.39, 0.29) is 6.42 Å². The van der Waals surface area contributed by atoms with E-state index in [1.165, 1.54) is 18.7 Å². The predicted molar refractivity (Wildman–Crippen MR) is 86.4 cm³/mol. The number of nitrogens with one attached hydrogen (secondary N) is 2. The Bertz CT molecular complexity index is 472. The molecular weight excluding hydrogens is 342 g/mol. The van der Waals surface area contributed by atoms with E-state index in [2.05, 4.69) is 10.6 Å². The van der Waals surface area contributed by atoms with Gasteiger partial charge in [-0.05, 0) is 25.4 Å². The van der Waals surface area contributed by atoms with Gasteiger partial charge in [0.05, 0.1) is 18.6 Å². The largest absolute Gasteiger partial charge is 0.481 e. The molecule has 2 amide bonds. The smallest absolute Gasteiger partial charge is 0.328 e. The third-order valence-electron chi connectivity index (χ3n) is 3.02. The van der Waals surface area contributed by atoms with Gasteiger partial charge in [-0.1, -0.05) is 0 Å². The predicted octanol–water partition coefficient (Wildman–Crippen LogP) is -2.02. The number of rotatable bonds is 11. The molecule has 24 heavy (non-hydrogen) atoms. The van der Waals surface area contributed by atoms with Crippen LogP contribution in [0.25, 0.3) is 0 Å². The molecule has 0 saturated carbocycles. The minimum absolute atomic E-state index is 0.185. The summed E-state index contributed by atoms with van der Waals surface area (Å²) in [7, 11) is 0. The first-order valence-electron chi connectivity index (χ1n) is 7.08. The number of carboxylic acid groups (broad SMARTS) is 2. The molecule has 0 unspecified atom stereocenters. The van der Waals surface area contributed by atoms with Crippen LogP contribution in [0.15, 0.2) is 0 Å². The minimum Gasteiger partial charge on any atom is -0.481 e. The van der Waals surface area contributed by atoms with Crippen molar-refractivity contribution in [1.82, 2.24) is 10.6 Å². The summed E-state index contributed by atoms with van der Waals surface area (Å²) in [6, 6.07) is -3.96. The second-order valence-corrected chi connectivity index (χ2v) is 6.10. The van der Waals surface area contributed by atoms with E-state index >= 15 is 0 Å². The monoisotopic (exact) mass is 365 g/mol. The SMILES string of the molecule is CSCC[C@H](NC(=O)[C@@H](N)CC(=O)O)C(=O)N[C@H](C(=O)O)[C@@H](C)O. The van der Waals surface area contributed by atoms with Crippen LogP contribution in [0.1, 0.15) is 19.8 Å². The highest BCUT2D eigenvalue weighted by atomic mass is 32.2. The number of nitrogens with two attached hydrogens (primary N) is 1. The zero-order chi connectivity index (χ0) is 18.9. The van der Waals surface area contributed by atoms with Crippen LogP contribution in [0.2, 0.25) is 0 Å². The van der Waals surface area contributed by atoms with Crippen molar-refractivity contribution in [3.05, 3.63) is 0 Å². The van der Waals surface area contributed by atoms with Crippen LogP contribution in [0.3, 0.4) is 0 Å². The molecule has 4 atom stereocenters. The van der Waals surface area contributed by atoms with E-state index in [0.29, 0.717) is 5.75 Å². The van der Waals surface area contributed by atoms with Crippen LogP contribution in [-0.2, 0) is 19.2 Å². The van der Waals surface area contributed by atoms with Crippen LogP contribution in [0, 0.1) is 0 Å². The molecule has 0 aromatic heterocycles. The van der Waals surface area contributed by atoms with Gasteiger partial charge in [-0.3, -0.25) is 14.4 Å². The van der Waals surface area contributed by atoms with Crippen molar-refractivity contribution in [2.45, 2.75) is 44.0 Å². The minimum atomic E-state index is -1.53. The zero-order valence-corrected chi connectivity index (χ0v) is 14.2. The van der Waals surface area contributed by atoms with Crippen molar-refractivity contribution in [3.63, 3.8) is 0 Å². The van der Waals surface area contributed by atoms with Crippen molar-refractivity contribution in [2.75, 3.05) is 12.0 Å². The molecule has 0 fully saturated rings. The summed E-state index contributed by atoms with van der Waals surface area (Å²) in [4.78, 5) is 45.6. The molecule has 0 aromatic carbocycles. The molecule has 0 rings (SSSR count). The topological polar surface area (TPSA) is 179 Å². The molecule has 138 valence electrons. The standard InChI is InChI=1S/C13H23N3O7S/c1-6(17)10(13(22)23)16-12(21)8(3-4-24-2)15-11(20)7(14)5-9(18)19/h6-8,10,17H,3-5,14H2,1-2H3,(H,15,20)(H,16,21)(H,18,19)(H,22,23)/t6-,7+,8+,10+/m1/s1. The fourth-order valence-corrected chi connectivity index (χ4v) is 2.18. The van der Waals surface area contributed by atoms with Gasteiger partial charge in [0.2, 0.25) is 11.8 Å². The van der Waals surface area contributed by atoms with Gasteiger partial charge in [0.1, 0.15) is 6.04 Å². The number of aliphatic hydroxyl groups is 1. The molecule has 0 aromatic rings. The number of aliphatic carboxylic acids is 2. The first-order chi connectivity index (χ1) is 11.1. The number of hydrogen-bond donors (Lipinski definition) is 6. The highest BCUT2D eigenvalue weighted by Crippen LogP contribution is 2.04. The van der Waals surface area contributed by atoms with E-state index in [0.717, 1.165) is 0 Å². The lowest BCUT2D eigenvalue weighted by molar-refractivity contribution is -0.145. The fourth-order valence-electron chi connectivity index (χ4n) is 1.71. The van der Waals surface area contributed by atoms with E-state index in [1.807, 2.05) is 0 Å². The Morgan fingerprint density at radius 1 is 1.12 bits per heavy atom. The second-order valence-electron chi connectivity index (χ2n) is 5.11. The lowest BCUT2D eigenvalue weighted by Gasteiger charge is -2.23. The summed E-state index contributed by atoms with van der Waals surface area (Å²) in [5, 5.41) is 31.4. The highest BCUT2D eigenvalue weighted by molar-refractivity contribution is 7.98. The number of carboxylic acids is 2. The van der Waals surface area contributed by atoms with Gasteiger partial charge in [0, 0.05) is 0 Å². The molecular formula is C13H23N3O7S. The van der Waals surface area contributed by atoms with Crippen LogP contribution in [-0.4, -0.2) is 75.3 Å². The van der Waals surface area contributed by atoms with Gasteiger partial charge in [-0.25, -0.2) is 4.79 Å². The normalized spacial score (nSPS) is 15.7. The maximum absolute atomic E-state index is 12.2. The Balaban J connectivity index is 4.97. The lowest BCUT2D eigenvalue weighted by Crippen LogP contribution is -2.56. The summed E-state index contributed by atoms with van der Waals surface area (Å²) in [6.45, 7) is 1.21. The summed E-state index contributed by atoms with van der Waals surface area (Å²) in [5.41, 5.74) is 5.43. The van der Waals surface area contributed by atoms with Crippen molar-refractivity contribution in [2.24, 2.45) is 5.73 Å². The van der Waals surface area contributed by atoms with Gasteiger partial charge in [0.15, 0.2) is 6.04 Å². The second kappa shape index (κ2) is 10.8. The number of carbonyl (C=O) groups excluding carboxylic acids is 2. The summed E-state index contributed by atoms with van der Waals surface area (Å²) in [6.07, 6.45) is 0.0272. The molecule has 11 heteroatoms. The number of amides is 2.